The van der Waals surface area contributed by atoms with Crippen LogP contribution in [0.5, 0.6) is 5.75 Å². The van der Waals surface area contributed by atoms with Gasteiger partial charge in [-0.25, -0.2) is 5.10 Å². The lowest BCUT2D eigenvalue weighted by Gasteiger charge is -2.19. The summed E-state index contributed by atoms with van der Waals surface area (Å²) in [6.45, 7) is 0.157. The zero-order valence-electron chi connectivity index (χ0n) is 19.2. The van der Waals surface area contributed by atoms with Crippen molar-refractivity contribution in [3.8, 4) is 11.8 Å². The van der Waals surface area contributed by atoms with Crippen LogP contribution in [0, 0.1) is 16.7 Å². The van der Waals surface area contributed by atoms with Crippen molar-refractivity contribution >= 4 is 39.0 Å². The summed E-state index contributed by atoms with van der Waals surface area (Å²) in [5.74, 6) is 0.569. The number of aromatic amines is 1. The van der Waals surface area contributed by atoms with Gasteiger partial charge >= 0.3 is 0 Å². The monoisotopic (exact) mass is 464 g/mol. The largest absolute Gasteiger partial charge is 0.488 e. The summed E-state index contributed by atoms with van der Waals surface area (Å²) in [5, 5.41) is 31.1. The van der Waals surface area contributed by atoms with Crippen molar-refractivity contribution in [2.45, 2.75) is 25.5 Å². The van der Waals surface area contributed by atoms with Crippen molar-refractivity contribution in [1.29, 1.82) is 10.7 Å². The first-order chi connectivity index (χ1) is 17.1. The van der Waals surface area contributed by atoms with E-state index in [1.807, 2.05) is 36.4 Å². The van der Waals surface area contributed by atoms with E-state index in [9.17, 15) is 10.1 Å². The number of rotatable bonds is 7. The molecular formula is C27H24N6O2. The summed E-state index contributed by atoms with van der Waals surface area (Å²) in [5.41, 5.74) is 9.02. The number of allylic oxidation sites excluding steroid dienone is 1. The molecule has 0 aliphatic heterocycles. The zero-order chi connectivity index (χ0) is 24.5. The standard InChI is InChI=1S/C27H24N6O2/c1-31-25(22(12-28)16-6-9-19-20(10-16)24(14-30)32-33-27(19)34)21-11-15-4-2-3-5-18(15)26(23(21)13-29)35-17-7-8-17/h2-6,9-12,17,28,31H,7-8,14,30H2,1H3,(H,33,34)/b25-22+,28-12?. The lowest BCUT2D eigenvalue weighted by Crippen LogP contribution is -2.14. The normalized spacial score (nSPS) is 13.9. The Labute approximate surface area is 201 Å². The molecule has 8 nitrogen and oxygen atoms in total. The summed E-state index contributed by atoms with van der Waals surface area (Å²) in [4.78, 5) is 12.3. The Bertz CT molecular complexity index is 1610. The Morgan fingerprint density at radius 3 is 2.74 bits per heavy atom. The molecule has 4 aromatic rings. The second-order valence-corrected chi connectivity index (χ2v) is 8.43. The van der Waals surface area contributed by atoms with Crippen LogP contribution in [0.4, 0.5) is 0 Å². The van der Waals surface area contributed by atoms with E-state index in [1.165, 1.54) is 6.21 Å². The third-order valence-electron chi connectivity index (χ3n) is 6.23. The molecule has 1 fully saturated rings. The smallest absolute Gasteiger partial charge is 0.272 e. The molecule has 5 rings (SSSR count). The zero-order valence-corrected chi connectivity index (χ0v) is 19.2. The van der Waals surface area contributed by atoms with Crippen LogP contribution in [0.25, 0.3) is 32.8 Å². The molecule has 35 heavy (non-hydrogen) atoms. The maximum Gasteiger partial charge on any atom is 0.272 e. The highest BCUT2D eigenvalue weighted by Crippen LogP contribution is 2.40. The van der Waals surface area contributed by atoms with E-state index >= 15 is 0 Å². The van der Waals surface area contributed by atoms with Gasteiger partial charge in [-0.2, -0.15) is 10.4 Å². The first kappa shape index (κ1) is 22.3. The number of aromatic nitrogens is 2. The molecule has 1 aliphatic rings. The van der Waals surface area contributed by atoms with Crippen LogP contribution in [0.3, 0.4) is 0 Å². The van der Waals surface area contributed by atoms with Gasteiger partial charge in [-0.05, 0) is 42.0 Å². The van der Waals surface area contributed by atoms with Crippen molar-refractivity contribution < 1.29 is 4.74 Å². The lowest BCUT2D eigenvalue weighted by atomic mass is 9.93. The molecule has 0 spiro atoms. The molecular weight excluding hydrogens is 440 g/mol. The quantitative estimate of drug-likeness (QED) is 0.243. The predicted octanol–water partition coefficient (Wildman–Crippen LogP) is 3.69. The van der Waals surface area contributed by atoms with Crippen molar-refractivity contribution in [2.24, 2.45) is 5.73 Å². The van der Waals surface area contributed by atoms with Gasteiger partial charge in [0.05, 0.1) is 22.9 Å². The van der Waals surface area contributed by atoms with E-state index in [-0.39, 0.29) is 18.2 Å². The molecule has 0 unspecified atom stereocenters. The lowest BCUT2D eigenvalue weighted by molar-refractivity contribution is 0.306. The Morgan fingerprint density at radius 1 is 1.26 bits per heavy atom. The highest BCUT2D eigenvalue weighted by molar-refractivity contribution is 6.19. The molecule has 0 amide bonds. The van der Waals surface area contributed by atoms with Crippen LogP contribution in [-0.2, 0) is 6.54 Å². The second-order valence-electron chi connectivity index (χ2n) is 8.43. The molecule has 0 bridgehead atoms. The number of nitrogens with zero attached hydrogens (tertiary/aromatic N) is 2. The Balaban J connectivity index is 1.79. The van der Waals surface area contributed by atoms with Crippen LogP contribution in [-0.4, -0.2) is 29.6 Å². The number of nitrogens with two attached hydrogens (primary N) is 1. The van der Waals surface area contributed by atoms with Gasteiger partial charge in [0.15, 0.2) is 0 Å². The van der Waals surface area contributed by atoms with E-state index in [1.54, 1.807) is 19.2 Å². The Kier molecular flexibility index (Phi) is 5.77. The third kappa shape index (κ3) is 3.92. The minimum atomic E-state index is -0.305. The summed E-state index contributed by atoms with van der Waals surface area (Å²) >= 11 is 0. The fraction of sp³-hybridized carbons (Fsp3) is 0.185. The van der Waals surface area contributed by atoms with Crippen LogP contribution in [0.15, 0.2) is 53.3 Å². The van der Waals surface area contributed by atoms with Crippen LogP contribution in [0.1, 0.15) is 35.2 Å². The van der Waals surface area contributed by atoms with E-state index in [0.717, 1.165) is 23.6 Å². The SMILES string of the molecule is CN/C(=C(\C=N)c1ccc2c(=O)[nH]nc(CN)c2c1)c1cc2ccccc2c(OC2CC2)c1C#N. The van der Waals surface area contributed by atoms with Gasteiger partial charge < -0.3 is 21.2 Å². The highest BCUT2D eigenvalue weighted by atomic mass is 16.5. The molecule has 8 heteroatoms. The summed E-state index contributed by atoms with van der Waals surface area (Å²) in [7, 11) is 1.76. The van der Waals surface area contributed by atoms with E-state index in [4.69, 9.17) is 15.9 Å². The second kappa shape index (κ2) is 9.05. The topological polar surface area (TPSA) is 141 Å². The van der Waals surface area contributed by atoms with Crippen molar-refractivity contribution in [3.63, 3.8) is 0 Å². The fourth-order valence-corrected chi connectivity index (χ4v) is 4.35. The molecule has 1 heterocycles. The van der Waals surface area contributed by atoms with E-state index < -0.39 is 0 Å². The van der Waals surface area contributed by atoms with Gasteiger partial charge in [-0.3, -0.25) is 4.79 Å². The summed E-state index contributed by atoms with van der Waals surface area (Å²) < 4.78 is 6.23. The highest BCUT2D eigenvalue weighted by Gasteiger charge is 2.27. The van der Waals surface area contributed by atoms with E-state index in [2.05, 4.69) is 21.6 Å². The van der Waals surface area contributed by atoms with Gasteiger partial charge in [0.25, 0.3) is 5.56 Å². The van der Waals surface area contributed by atoms with Gasteiger partial charge in [0.1, 0.15) is 17.4 Å². The van der Waals surface area contributed by atoms with Crippen LogP contribution in [0.2, 0.25) is 0 Å². The number of nitrogens with one attached hydrogen (secondary N) is 3. The Hall–Kier alpha value is -4.48. The Morgan fingerprint density at radius 2 is 2.06 bits per heavy atom. The number of ether oxygens (including phenoxy) is 1. The molecule has 1 aliphatic carbocycles. The molecule has 174 valence electrons. The number of benzene rings is 3. The number of nitriles is 1. The minimum absolute atomic E-state index is 0.116. The number of fused-ring (bicyclic) bond motifs is 2. The van der Waals surface area contributed by atoms with Crippen molar-refractivity contribution in [3.05, 3.63) is 81.3 Å². The summed E-state index contributed by atoms with van der Waals surface area (Å²) in [6.07, 6.45) is 3.30. The number of hydrogen-bond donors (Lipinski definition) is 4. The van der Waals surface area contributed by atoms with Crippen LogP contribution >= 0.6 is 0 Å². The van der Waals surface area contributed by atoms with Crippen molar-refractivity contribution in [2.75, 3.05) is 7.05 Å². The molecule has 3 aromatic carbocycles. The average molecular weight is 465 g/mol. The van der Waals surface area contributed by atoms with Gasteiger partial charge in [0, 0.05) is 41.7 Å². The molecule has 0 radical (unpaired) electrons. The minimum Gasteiger partial charge on any atom is -0.488 e. The first-order valence-corrected chi connectivity index (χ1v) is 11.4. The maximum absolute atomic E-state index is 12.3. The fourth-order valence-electron chi connectivity index (χ4n) is 4.35. The summed E-state index contributed by atoms with van der Waals surface area (Å²) in [6, 6.07) is 17.4. The number of hydrogen-bond acceptors (Lipinski definition) is 7. The third-order valence-corrected chi connectivity index (χ3v) is 6.23. The first-order valence-electron chi connectivity index (χ1n) is 11.4. The molecule has 1 aromatic heterocycles. The molecule has 0 atom stereocenters. The van der Waals surface area contributed by atoms with Gasteiger partial charge in [-0.15, -0.1) is 0 Å². The van der Waals surface area contributed by atoms with Gasteiger partial charge in [-0.1, -0.05) is 30.3 Å². The maximum atomic E-state index is 12.3. The molecule has 1 saturated carbocycles. The molecule has 0 saturated heterocycles. The van der Waals surface area contributed by atoms with Crippen molar-refractivity contribution in [1.82, 2.24) is 15.5 Å². The van der Waals surface area contributed by atoms with Gasteiger partial charge in [0.2, 0.25) is 0 Å². The predicted molar refractivity (Wildman–Crippen MR) is 137 cm³/mol. The molecule has 5 N–H and O–H groups in total. The number of H-pyrrole nitrogens is 1. The van der Waals surface area contributed by atoms with E-state index in [0.29, 0.717) is 50.2 Å². The van der Waals surface area contributed by atoms with Crippen LogP contribution < -0.4 is 21.3 Å². The average Bonchev–Trinajstić information content (AvgIpc) is 3.71.